The number of carbonyl (C=O) groups excluding carboxylic acids is 4. The van der Waals surface area contributed by atoms with Crippen LogP contribution in [0.3, 0.4) is 0 Å². The number of rotatable bonds is 18. The molecule has 0 saturated heterocycles. The Kier molecular flexibility index (Phi) is 13.7. The number of phenols is 1. The van der Waals surface area contributed by atoms with Gasteiger partial charge in [-0.15, -0.1) is 0 Å². The number of hydrogen-bond acceptors (Lipinski definition) is 9. The van der Waals surface area contributed by atoms with E-state index in [4.69, 9.17) is 0 Å². The molecule has 4 aromatic carbocycles. The number of nitrogens with zero attached hydrogens (tertiary/aromatic N) is 2. The van der Waals surface area contributed by atoms with Gasteiger partial charge in [0, 0.05) is 29.8 Å². The first-order chi connectivity index (χ1) is 26.5. The molecule has 0 fully saturated rings. The van der Waals surface area contributed by atoms with E-state index >= 15 is 0 Å². The van der Waals surface area contributed by atoms with Crippen LogP contribution in [0.15, 0.2) is 97.2 Å². The van der Waals surface area contributed by atoms with E-state index in [1.807, 2.05) is 42.7 Å². The number of aliphatic carboxylic acids is 1. The quantitative estimate of drug-likeness (QED) is 0.0693. The van der Waals surface area contributed by atoms with Crippen molar-refractivity contribution in [3.05, 3.63) is 114 Å². The molecule has 1 aromatic heterocycles. The second kappa shape index (κ2) is 19.0. The van der Waals surface area contributed by atoms with Crippen LogP contribution >= 0.6 is 11.8 Å². The summed E-state index contributed by atoms with van der Waals surface area (Å²) in [6, 6.07) is 25.7. The molecule has 5 aromatic rings. The Labute approximate surface area is 321 Å². The van der Waals surface area contributed by atoms with Gasteiger partial charge in [-0.05, 0) is 64.6 Å². The SMILES string of the molecule is CSCC[C@H](NC(=O)[C@H](Cc1ccccc1)NC(=O)CNC(=O)CNC(=O)[C@H](Cc1ccc(O)cc1)Nn1cc2cc3ccccc3cc2c1C#N)C(=O)O. The molecule has 15 heteroatoms. The number of carbonyl (C=O) groups is 5. The summed E-state index contributed by atoms with van der Waals surface area (Å²) in [7, 11) is 0. The summed E-state index contributed by atoms with van der Waals surface area (Å²) in [6.45, 7) is -1.01. The van der Waals surface area contributed by atoms with Gasteiger partial charge in [0.2, 0.25) is 23.6 Å². The Morgan fingerprint density at radius 2 is 1.38 bits per heavy atom. The minimum absolute atomic E-state index is 0.0524. The van der Waals surface area contributed by atoms with Crippen molar-refractivity contribution in [3.8, 4) is 11.8 Å². The lowest BCUT2D eigenvalue weighted by atomic mass is 10.0. The largest absolute Gasteiger partial charge is 0.508 e. The Morgan fingerprint density at radius 3 is 2.05 bits per heavy atom. The molecule has 55 heavy (non-hydrogen) atoms. The van der Waals surface area contributed by atoms with Gasteiger partial charge in [0.05, 0.1) is 13.1 Å². The maximum atomic E-state index is 13.6. The number of nitrogens with one attached hydrogen (secondary N) is 5. The summed E-state index contributed by atoms with van der Waals surface area (Å²) < 4.78 is 1.49. The maximum absolute atomic E-state index is 13.6. The van der Waals surface area contributed by atoms with Crippen LogP contribution in [0.5, 0.6) is 5.75 Å². The highest BCUT2D eigenvalue weighted by Gasteiger charge is 2.27. The van der Waals surface area contributed by atoms with Gasteiger partial charge in [-0.25, -0.2) is 4.79 Å². The smallest absolute Gasteiger partial charge is 0.326 e. The first-order valence-electron chi connectivity index (χ1n) is 17.4. The number of thioether (sulfide) groups is 1. The third-order valence-electron chi connectivity index (χ3n) is 8.80. The molecule has 7 N–H and O–H groups in total. The van der Waals surface area contributed by atoms with E-state index in [0.29, 0.717) is 16.7 Å². The maximum Gasteiger partial charge on any atom is 0.326 e. The Hall–Kier alpha value is -6.53. The number of carboxylic acid groups (broad SMARTS) is 1. The van der Waals surface area contributed by atoms with E-state index in [-0.39, 0.29) is 30.7 Å². The molecule has 0 aliphatic carbocycles. The van der Waals surface area contributed by atoms with Crippen molar-refractivity contribution >= 4 is 62.9 Å². The lowest BCUT2D eigenvalue weighted by Gasteiger charge is -2.22. The predicted molar refractivity (Wildman–Crippen MR) is 210 cm³/mol. The summed E-state index contributed by atoms with van der Waals surface area (Å²) in [4.78, 5) is 64.4. The fourth-order valence-electron chi connectivity index (χ4n) is 5.95. The molecule has 0 bridgehead atoms. The zero-order valence-corrected chi connectivity index (χ0v) is 30.8. The van der Waals surface area contributed by atoms with Crippen LogP contribution in [-0.2, 0) is 36.8 Å². The zero-order chi connectivity index (χ0) is 39.3. The molecule has 4 amide bonds. The average molecular weight is 764 g/mol. The number of hydrogen-bond donors (Lipinski definition) is 7. The molecule has 0 unspecified atom stereocenters. The lowest BCUT2D eigenvalue weighted by molar-refractivity contribution is -0.142. The highest BCUT2D eigenvalue weighted by molar-refractivity contribution is 7.98. The number of nitriles is 1. The zero-order valence-electron chi connectivity index (χ0n) is 30.0. The molecule has 284 valence electrons. The number of aromatic nitrogens is 1. The standard InChI is InChI=1S/C40H41N7O7S/c1-55-16-15-32(40(53)54)45-39(52)33(17-25-7-3-2-4-8-25)44-37(50)23-42-36(49)22-43-38(51)34(18-26-11-13-30(48)14-12-26)46-47-24-29-19-27-9-5-6-10-28(27)20-31(29)35(47)21-41/h2-14,19-20,24,32-34,46,48H,15-18,22-23H2,1H3,(H,42,49)(H,43,51)(H,44,50)(H,45,52)(H,53,54)/t32-,33-,34-/m0/s1. The van der Waals surface area contributed by atoms with Gasteiger partial charge in [-0.3, -0.25) is 23.9 Å². The van der Waals surface area contributed by atoms with Crippen LogP contribution < -0.4 is 26.7 Å². The molecule has 14 nitrogen and oxygen atoms in total. The van der Waals surface area contributed by atoms with Crippen molar-refractivity contribution < 1.29 is 34.2 Å². The molecule has 0 spiro atoms. The second-order valence-corrected chi connectivity index (χ2v) is 13.8. The van der Waals surface area contributed by atoms with Crippen molar-refractivity contribution in [1.82, 2.24) is 25.9 Å². The topological polar surface area (TPSA) is 215 Å². The van der Waals surface area contributed by atoms with Crippen molar-refractivity contribution in [3.63, 3.8) is 0 Å². The molecule has 0 aliphatic heterocycles. The number of benzene rings is 4. The molecule has 5 rings (SSSR count). The number of aromatic hydroxyl groups is 1. The Balaban J connectivity index is 1.23. The van der Waals surface area contributed by atoms with E-state index in [9.17, 15) is 39.4 Å². The average Bonchev–Trinajstić information content (AvgIpc) is 3.52. The van der Waals surface area contributed by atoms with Crippen molar-refractivity contribution in [2.75, 3.05) is 30.5 Å². The van der Waals surface area contributed by atoms with Gasteiger partial charge in [0.15, 0.2) is 0 Å². The Morgan fingerprint density at radius 1 is 0.745 bits per heavy atom. The number of fused-ring (bicyclic) bond motifs is 2. The van der Waals surface area contributed by atoms with Crippen LogP contribution in [0.1, 0.15) is 23.2 Å². The van der Waals surface area contributed by atoms with Crippen LogP contribution in [0.25, 0.3) is 21.5 Å². The highest BCUT2D eigenvalue weighted by atomic mass is 32.2. The number of amides is 4. The predicted octanol–water partition coefficient (Wildman–Crippen LogP) is 2.81. The molecule has 1 heterocycles. The molecular weight excluding hydrogens is 723 g/mol. The van der Waals surface area contributed by atoms with Crippen LogP contribution in [-0.4, -0.2) is 87.7 Å². The first kappa shape index (κ1) is 39.7. The summed E-state index contributed by atoms with van der Waals surface area (Å²) in [6.07, 6.45) is 3.94. The van der Waals surface area contributed by atoms with Gasteiger partial charge in [0.1, 0.15) is 35.6 Å². The second-order valence-electron chi connectivity index (χ2n) is 12.8. The molecule has 0 saturated carbocycles. The molecule has 0 radical (unpaired) electrons. The van der Waals surface area contributed by atoms with E-state index in [2.05, 4.69) is 32.8 Å². The monoisotopic (exact) mass is 763 g/mol. The van der Waals surface area contributed by atoms with E-state index in [1.165, 1.54) is 28.6 Å². The van der Waals surface area contributed by atoms with E-state index in [0.717, 1.165) is 21.7 Å². The molecular formula is C40H41N7O7S. The van der Waals surface area contributed by atoms with Crippen molar-refractivity contribution in [2.45, 2.75) is 37.4 Å². The van der Waals surface area contributed by atoms with Gasteiger partial charge in [0.25, 0.3) is 0 Å². The van der Waals surface area contributed by atoms with Gasteiger partial charge in [-0.1, -0.05) is 66.7 Å². The van der Waals surface area contributed by atoms with E-state index in [1.54, 1.807) is 48.7 Å². The summed E-state index contributed by atoms with van der Waals surface area (Å²) in [5, 5.41) is 43.0. The lowest BCUT2D eigenvalue weighted by Crippen LogP contribution is -2.54. The van der Waals surface area contributed by atoms with Crippen molar-refractivity contribution in [1.29, 1.82) is 5.26 Å². The first-order valence-corrected chi connectivity index (χ1v) is 18.8. The highest BCUT2D eigenvalue weighted by Crippen LogP contribution is 2.27. The fraction of sp³-hybridized carbons (Fsp3) is 0.250. The minimum atomic E-state index is -1.19. The minimum Gasteiger partial charge on any atom is -0.508 e. The molecule has 3 atom stereocenters. The normalized spacial score (nSPS) is 12.5. The van der Waals surface area contributed by atoms with Gasteiger partial charge in [-0.2, -0.15) is 17.0 Å². The van der Waals surface area contributed by atoms with E-state index < -0.39 is 60.8 Å². The summed E-state index contributed by atoms with van der Waals surface area (Å²) in [5.74, 6) is -3.27. The third-order valence-corrected chi connectivity index (χ3v) is 9.45. The summed E-state index contributed by atoms with van der Waals surface area (Å²) >= 11 is 1.44. The van der Waals surface area contributed by atoms with Gasteiger partial charge < -0.3 is 36.9 Å². The number of carboxylic acids is 1. The molecule has 0 aliphatic rings. The van der Waals surface area contributed by atoms with Crippen LogP contribution in [0, 0.1) is 11.3 Å². The van der Waals surface area contributed by atoms with Gasteiger partial charge >= 0.3 is 5.97 Å². The Bertz CT molecular complexity index is 2200. The van der Waals surface area contributed by atoms with Crippen LogP contribution in [0.2, 0.25) is 0 Å². The number of phenolic OH excluding ortho intramolecular Hbond substituents is 1. The third kappa shape index (κ3) is 11.0. The fourth-order valence-corrected chi connectivity index (χ4v) is 6.42. The van der Waals surface area contributed by atoms with Crippen LogP contribution in [0.4, 0.5) is 0 Å². The van der Waals surface area contributed by atoms with Crippen molar-refractivity contribution in [2.24, 2.45) is 0 Å². The summed E-state index contributed by atoms with van der Waals surface area (Å²) in [5.41, 5.74) is 4.82.